The van der Waals surface area contributed by atoms with E-state index in [-0.39, 0.29) is 12.5 Å². The van der Waals surface area contributed by atoms with Crippen LogP contribution < -0.4 is 16.1 Å². The van der Waals surface area contributed by atoms with E-state index in [9.17, 15) is 9.59 Å². The molecule has 3 rings (SSSR count). The van der Waals surface area contributed by atoms with Crippen molar-refractivity contribution in [2.45, 2.75) is 6.54 Å². The maximum Gasteiger partial charge on any atom is 0.271 e. The largest absolute Gasteiger partial charge is 0.378 e. The van der Waals surface area contributed by atoms with Gasteiger partial charge in [-0.2, -0.15) is 5.10 Å². The molecular weight excluding hydrogens is 342 g/mol. The number of hydrogen-bond acceptors (Lipinski definition) is 4. The number of nitrogens with one attached hydrogen (secondary N) is 1. The fourth-order valence-electron chi connectivity index (χ4n) is 2.83. The van der Waals surface area contributed by atoms with Crippen molar-refractivity contribution in [2.75, 3.05) is 19.0 Å². The molecule has 0 saturated carbocycles. The molecule has 2 amide bonds. The number of nitrogens with two attached hydrogens (primary N) is 1. The number of benzene rings is 2. The lowest BCUT2D eigenvalue weighted by Crippen LogP contribution is -2.18. The average Bonchev–Trinajstić information content (AvgIpc) is 2.99. The van der Waals surface area contributed by atoms with Crippen LogP contribution in [-0.2, 0) is 11.3 Å². The van der Waals surface area contributed by atoms with Gasteiger partial charge in [-0.1, -0.05) is 24.3 Å². The van der Waals surface area contributed by atoms with Gasteiger partial charge >= 0.3 is 0 Å². The van der Waals surface area contributed by atoms with Crippen molar-refractivity contribution in [3.05, 3.63) is 65.9 Å². The standard InChI is InChI=1S/C20H21N5O2/c1-24(2)16-7-5-6-14(10-16)20(27)23-22-11-15-12-25(13-19(21)26)18-9-4-3-8-17(15)18/h3-12H,13H2,1-2H3,(H2,21,26)(H,23,27)/b22-11-. The third kappa shape index (κ3) is 4.14. The second-order valence-corrected chi connectivity index (χ2v) is 6.34. The van der Waals surface area contributed by atoms with Gasteiger partial charge in [-0.05, 0) is 24.3 Å². The van der Waals surface area contributed by atoms with E-state index in [1.807, 2.05) is 55.4 Å². The molecule has 0 aliphatic carbocycles. The summed E-state index contributed by atoms with van der Waals surface area (Å²) in [5.41, 5.74) is 11.0. The van der Waals surface area contributed by atoms with Crippen molar-refractivity contribution >= 4 is 34.6 Å². The monoisotopic (exact) mass is 363 g/mol. The Labute approximate surface area is 157 Å². The van der Waals surface area contributed by atoms with Crippen LogP contribution in [0.3, 0.4) is 0 Å². The Balaban J connectivity index is 1.79. The molecule has 0 radical (unpaired) electrons. The van der Waals surface area contributed by atoms with Crippen molar-refractivity contribution in [1.82, 2.24) is 9.99 Å². The maximum absolute atomic E-state index is 12.3. The summed E-state index contributed by atoms with van der Waals surface area (Å²) in [4.78, 5) is 25.5. The first-order chi connectivity index (χ1) is 13.0. The van der Waals surface area contributed by atoms with Gasteiger partial charge in [0.05, 0.1) is 6.21 Å². The fourth-order valence-corrected chi connectivity index (χ4v) is 2.83. The van der Waals surface area contributed by atoms with Crippen molar-refractivity contribution in [3.8, 4) is 0 Å². The summed E-state index contributed by atoms with van der Waals surface area (Å²) in [5, 5.41) is 4.99. The van der Waals surface area contributed by atoms with Gasteiger partial charge < -0.3 is 15.2 Å². The maximum atomic E-state index is 12.3. The normalized spacial score (nSPS) is 11.0. The summed E-state index contributed by atoms with van der Waals surface area (Å²) in [7, 11) is 3.83. The van der Waals surface area contributed by atoms with E-state index in [1.54, 1.807) is 29.1 Å². The summed E-state index contributed by atoms with van der Waals surface area (Å²) in [6, 6.07) is 14.9. The lowest BCUT2D eigenvalue weighted by Gasteiger charge is -2.12. The van der Waals surface area contributed by atoms with Crippen LogP contribution in [0.1, 0.15) is 15.9 Å². The Kier molecular flexibility index (Phi) is 5.21. The molecule has 0 fully saturated rings. The summed E-state index contributed by atoms with van der Waals surface area (Å²) in [5.74, 6) is -0.718. The molecule has 27 heavy (non-hydrogen) atoms. The van der Waals surface area contributed by atoms with Gasteiger partial charge in [0, 0.05) is 48.0 Å². The van der Waals surface area contributed by atoms with E-state index in [4.69, 9.17) is 5.73 Å². The van der Waals surface area contributed by atoms with Crippen LogP contribution in [0.15, 0.2) is 59.8 Å². The lowest BCUT2D eigenvalue weighted by atomic mass is 10.2. The second-order valence-electron chi connectivity index (χ2n) is 6.34. The van der Waals surface area contributed by atoms with Crippen molar-refractivity contribution in [1.29, 1.82) is 0 Å². The topological polar surface area (TPSA) is 92.7 Å². The zero-order chi connectivity index (χ0) is 19.4. The number of primary amides is 1. The highest BCUT2D eigenvalue weighted by molar-refractivity contribution is 6.01. The molecular formula is C20H21N5O2. The predicted molar refractivity (Wildman–Crippen MR) is 107 cm³/mol. The molecule has 0 saturated heterocycles. The molecule has 3 N–H and O–H groups in total. The number of anilines is 1. The Bertz CT molecular complexity index is 1020. The molecule has 0 atom stereocenters. The van der Waals surface area contributed by atoms with Crippen LogP contribution in [0.25, 0.3) is 10.9 Å². The zero-order valence-electron chi connectivity index (χ0n) is 15.2. The third-order valence-electron chi connectivity index (χ3n) is 4.14. The minimum Gasteiger partial charge on any atom is -0.378 e. The van der Waals surface area contributed by atoms with Crippen LogP contribution in [0.5, 0.6) is 0 Å². The van der Waals surface area contributed by atoms with Crippen LogP contribution in [0.4, 0.5) is 5.69 Å². The predicted octanol–water partition coefficient (Wildman–Crippen LogP) is 1.96. The van der Waals surface area contributed by atoms with Crippen LogP contribution >= 0.6 is 0 Å². The van der Waals surface area contributed by atoms with Gasteiger partial charge in [-0.15, -0.1) is 0 Å². The molecule has 0 aliphatic heterocycles. The van der Waals surface area contributed by atoms with Gasteiger partial charge in [0.15, 0.2) is 0 Å². The number of amides is 2. The number of carbonyl (C=O) groups excluding carboxylic acids is 2. The van der Waals surface area contributed by atoms with Gasteiger partial charge in [0.25, 0.3) is 5.91 Å². The number of rotatable bonds is 6. The Morgan fingerprint density at radius 3 is 2.70 bits per heavy atom. The van der Waals surface area contributed by atoms with Gasteiger partial charge in [-0.3, -0.25) is 9.59 Å². The highest BCUT2D eigenvalue weighted by Gasteiger charge is 2.09. The first kappa shape index (κ1) is 18.2. The molecule has 138 valence electrons. The fraction of sp³-hybridized carbons (Fsp3) is 0.150. The lowest BCUT2D eigenvalue weighted by molar-refractivity contribution is -0.118. The first-order valence-corrected chi connectivity index (χ1v) is 8.42. The van der Waals surface area contributed by atoms with Crippen molar-refractivity contribution < 1.29 is 9.59 Å². The van der Waals surface area contributed by atoms with E-state index >= 15 is 0 Å². The van der Waals surface area contributed by atoms with Gasteiger partial charge in [-0.25, -0.2) is 5.43 Å². The number of nitrogens with zero attached hydrogens (tertiary/aromatic N) is 3. The van der Waals surface area contributed by atoms with E-state index in [0.717, 1.165) is 22.2 Å². The van der Waals surface area contributed by atoms with Crippen molar-refractivity contribution in [2.24, 2.45) is 10.8 Å². The summed E-state index contributed by atoms with van der Waals surface area (Å²) in [6.45, 7) is 0.0814. The molecule has 1 aromatic heterocycles. The highest BCUT2D eigenvalue weighted by Crippen LogP contribution is 2.20. The number of para-hydroxylation sites is 1. The number of aromatic nitrogens is 1. The minimum atomic E-state index is -0.423. The minimum absolute atomic E-state index is 0.0814. The quantitative estimate of drug-likeness (QED) is 0.518. The molecule has 0 bridgehead atoms. The summed E-state index contributed by atoms with van der Waals surface area (Å²) < 4.78 is 1.77. The molecule has 7 nitrogen and oxygen atoms in total. The molecule has 1 heterocycles. The highest BCUT2D eigenvalue weighted by atomic mass is 16.2. The second kappa shape index (κ2) is 7.74. The smallest absolute Gasteiger partial charge is 0.271 e. The van der Waals surface area contributed by atoms with E-state index in [2.05, 4.69) is 10.5 Å². The number of hydrazone groups is 1. The number of carbonyl (C=O) groups is 2. The first-order valence-electron chi connectivity index (χ1n) is 8.42. The third-order valence-corrected chi connectivity index (χ3v) is 4.14. The molecule has 0 spiro atoms. The SMILES string of the molecule is CN(C)c1cccc(C(=O)N/N=C\c2cn(CC(N)=O)c3ccccc23)c1. The van der Waals surface area contributed by atoms with Crippen molar-refractivity contribution in [3.63, 3.8) is 0 Å². The molecule has 0 unspecified atom stereocenters. The summed E-state index contributed by atoms with van der Waals surface area (Å²) in [6.07, 6.45) is 3.35. The molecule has 0 aliphatic rings. The van der Waals surface area contributed by atoms with Crippen LogP contribution in [-0.4, -0.2) is 36.7 Å². The Morgan fingerprint density at radius 2 is 1.96 bits per heavy atom. The molecule has 3 aromatic rings. The van der Waals surface area contributed by atoms with E-state index < -0.39 is 5.91 Å². The zero-order valence-corrected chi connectivity index (χ0v) is 15.2. The number of hydrogen-bond donors (Lipinski definition) is 2. The average molecular weight is 363 g/mol. The number of fused-ring (bicyclic) bond motifs is 1. The van der Waals surface area contributed by atoms with Crippen LogP contribution in [0.2, 0.25) is 0 Å². The summed E-state index contributed by atoms with van der Waals surface area (Å²) >= 11 is 0. The Hall–Kier alpha value is -3.61. The van der Waals surface area contributed by atoms with Gasteiger partial charge in [0.1, 0.15) is 6.54 Å². The molecule has 7 heteroatoms. The van der Waals surface area contributed by atoms with E-state index in [1.165, 1.54) is 0 Å². The van der Waals surface area contributed by atoms with E-state index in [0.29, 0.717) is 5.56 Å². The van der Waals surface area contributed by atoms with Crippen LogP contribution in [0, 0.1) is 0 Å². The Morgan fingerprint density at radius 1 is 1.19 bits per heavy atom. The molecule has 2 aromatic carbocycles. The van der Waals surface area contributed by atoms with Gasteiger partial charge in [0.2, 0.25) is 5.91 Å².